The molecular formula is C12H12F3N3OS. The zero-order chi connectivity index (χ0) is 14.9. The number of carbonyl (C=O) groups excluding carboxylic acids is 1. The Morgan fingerprint density at radius 1 is 1.40 bits per heavy atom. The first-order valence-electron chi connectivity index (χ1n) is 5.82. The van der Waals surface area contributed by atoms with E-state index in [2.05, 4.69) is 17.5 Å². The van der Waals surface area contributed by atoms with Crippen LogP contribution in [0.5, 0.6) is 0 Å². The molecule has 0 unspecified atom stereocenters. The molecular weight excluding hydrogens is 291 g/mol. The molecule has 1 aliphatic rings. The molecule has 0 aliphatic carbocycles. The van der Waals surface area contributed by atoms with Gasteiger partial charge in [-0.1, -0.05) is 12.2 Å². The third-order valence-corrected chi connectivity index (χ3v) is 3.20. The lowest BCUT2D eigenvalue weighted by Gasteiger charge is -2.29. The number of thiocarbonyl (C=S) groups is 1. The number of rotatable bonds is 2. The number of nitrogens with two attached hydrogens (primary N) is 1. The smallest absolute Gasteiger partial charge is 0.389 e. The van der Waals surface area contributed by atoms with Crippen molar-refractivity contribution in [3.05, 3.63) is 29.3 Å². The summed E-state index contributed by atoms with van der Waals surface area (Å²) in [6.07, 6.45) is -4.52. The summed E-state index contributed by atoms with van der Waals surface area (Å²) in [7, 11) is 0. The maximum absolute atomic E-state index is 12.9. The topological polar surface area (TPSA) is 58.4 Å². The van der Waals surface area contributed by atoms with Crippen LogP contribution in [-0.4, -0.2) is 30.5 Å². The van der Waals surface area contributed by atoms with Gasteiger partial charge in [0.25, 0.3) is 0 Å². The number of amides is 1. The summed E-state index contributed by atoms with van der Waals surface area (Å²) in [5, 5.41) is 2.64. The number of piperazine rings is 1. The van der Waals surface area contributed by atoms with Crippen molar-refractivity contribution in [2.75, 3.05) is 24.5 Å². The summed E-state index contributed by atoms with van der Waals surface area (Å²) < 4.78 is 38.6. The molecule has 1 aliphatic heterocycles. The number of anilines is 1. The Hall–Kier alpha value is -1.83. The van der Waals surface area contributed by atoms with E-state index in [9.17, 15) is 18.0 Å². The Morgan fingerprint density at radius 2 is 2.10 bits per heavy atom. The van der Waals surface area contributed by atoms with Crippen molar-refractivity contribution in [3.8, 4) is 0 Å². The van der Waals surface area contributed by atoms with Crippen LogP contribution in [0.3, 0.4) is 0 Å². The van der Waals surface area contributed by atoms with Gasteiger partial charge < -0.3 is 16.0 Å². The van der Waals surface area contributed by atoms with Gasteiger partial charge >= 0.3 is 6.18 Å². The molecule has 1 saturated heterocycles. The third-order valence-electron chi connectivity index (χ3n) is 2.98. The number of benzene rings is 1. The predicted octanol–water partition coefficient (Wildman–Crippen LogP) is 1.28. The van der Waals surface area contributed by atoms with Crippen molar-refractivity contribution >= 4 is 28.8 Å². The molecule has 20 heavy (non-hydrogen) atoms. The maximum atomic E-state index is 12.9. The molecule has 0 saturated carbocycles. The van der Waals surface area contributed by atoms with Crippen molar-refractivity contribution in [3.63, 3.8) is 0 Å². The first-order chi connectivity index (χ1) is 9.29. The molecule has 0 aromatic heterocycles. The van der Waals surface area contributed by atoms with Gasteiger partial charge in [0, 0.05) is 24.3 Å². The summed E-state index contributed by atoms with van der Waals surface area (Å²) in [6, 6.07) is 3.54. The fraction of sp³-hybridized carbons (Fsp3) is 0.333. The molecule has 2 rings (SSSR count). The van der Waals surface area contributed by atoms with Gasteiger partial charge in [-0.3, -0.25) is 4.79 Å². The van der Waals surface area contributed by atoms with Gasteiger partial charge in [0.05, 0.1) is 12.1 Å². The van der Waals surface area contributed by atoms with Gasteiger partial charge in [0.2, 0.25) is 5.91 Å². The molecule has 4 nitrogen and oxygen atoms in total. The number of carbonyl (C=O) groups is 1. The van der Waals surface area contributed by atoms with Gasteiger partial charge in [0.1, 0.15) is 4.99 Å². The van der Waals surface area contributed by atoms with E-state index in [4.69, 9.17) is 5.73 Å². The maximum Gasteiger partial charge on any atom is 0.417 e. The van der Waals surface area contributed by atoms with E-state index >= 15 is 0 Å². The highest BCUT2D eigenvalue weighted by Crippen LogP contribution is 2.34. The minimum absolute atomic E-state index is 0.0993. The van der Waals surface area contributed by atoms with Crippen LogP contribution >= 0.6 is 12.2 Å². The van der Waals surface area contributed by atoms with Crippen LogP contribution in [0.1, 0.15) is 11.1 Å². The minimum Gasteiger partial charge on any atom is -0.389 e. The Kier molecular flexibility index (Phi) is 3.85. The van der Waals surface area contributed by atoms with Crippen molar-refractivity contribution in [2.24, 2.45) is 5.73 Å². The first kappa shape index (κ1) is 14.6. The number of hydrogen-bond donors (Lipinski definition) is 2. The summed E-state index contributed by atoms with van der Waals surface area (Å²) in [4.78, 5) is 12.7. The highest BCUT2D eigenvalue weighted by atomic mass is 32.1. The fourth-order valence-corrected chi connectivity index (χ4v) is 2.21. The molecule has 0 bridgehead atoms. The summed E-state index contributed by atoms with van der Waals surface area (Å²) >= 11 is 4.68. The molecule has 0 radical (unpaired) electrons. The minimum atomic E-state index is -4.52. The summed E-state index contributed by atoms with van der Waals surface area (Å²) in [5.41, 5.74) is 4.78. The van der Waals surface area contributed by atoms with E-state index in [1.165, 1.54) is 12.1 Å². The lowest BCUT2D eigenvalue weighted by Crippen LogP contribution is -2.47. The monoisotopic (exact) mass is 303 g/mol. The second-order valence-electron chi connectivity index (χ2n) is 4.36. The number of nitrogens with one attached hydrogen (secondary N) is 1. The SMILES string of the molecule is NC(=S)c1cc(N2CCNC(=O)C2)ccc1C(F)(F)F. The van der Waals surface area contributed by atoms with Gasteiger partial charge in [0.15, 0.2) is 0 Å². The van der Waals surface area contributed by atoms with Gasteiger partial charge in [-0.25, -0.2) is 0 Å². The molecule has 0 spiro atoms. The van der Waals surface area contributed by atoms with Crippen LogP contribution in [0.2, 0.25) is 0 Å². The summed E-state index contributed by atoms with van der Waals surface area (Å²) in [5.74, 6) is -0.173. The van der Waals surface area contributed by atoms with Crippen LogP contribution in [-0.2, 0) is 11.0 Å². The highest BCUT2D eigenvalue weighted by Gasteiger charge is 2.34. The highest BCUT2D eigenvalue weighted by molar-refractivity contribution is 7.80. The average Bonchev–Trinajstić information content (AvgIpc) is 2.37. The van der Waals surface area contributed by atoms with Crippen molar-refractivity contribution in [2.45, 2.75) is 6.18 Å². The molecule has 108 valence electrons. The molecule has 8 heteroatoms. The number of nitrogens with zero attached hydrogens (tertiary/aromatic N) is 1. The molecule has 1 aromatic rings. The van der Waals surface area contributed by atoms with Gasteiger partial charge in [-0.15, -0.1) is 0 Å². The Morgan fingerprint density at radius 3 is 2.65 bits per heavy atom. The van der Waals surface area contributed by atoms with Crippen LogP contribution in [0, 0.1) is 0 Å². The second-order valence-corrected chi connectivity index (χ2v) is 4.80. The quantitative estimate of drug-likeness (QED) is 0.808. The molecule has 1 fully saturated rings. The standard InChI is InChI=1S/C12H12F3N3OS/c13-12(14,15)9-2-1-7(5-8(9)11(16)20)18-4-3-17-10(19)6-18/h1-2,5H,3-4,6H2,(H2,16,20)(H,17,19). The third kappa shape index (κ3) is 3.01. The summed E-state index contributed by atoms with van der Waals surface area (Å²) in [6.45, 7) is 1.07. The van der Waals surface area contributed by atoms with Crippen LogP contribution < -0.4 is 16.0 Å². The lowest BCUT2D eigenvalue weighted by molar-refractivity contribution is -0.137. The largest absolute Gasteiger partial charge is 0.417 e. The molecule has 1 aromatic carbocycles. The number of halogens is 3. The Balaban J connectivity index is 2.40. The van der Waals surface area contributed by atoms with Gasteiger partial charge in [-0.2, -0.15) is 13.2 Å². The van der Waals surface area contributed by atoms with E-state index in [1.807, 2.05) is 0 Å². The Labute approximate surface area is 118 Å². The number of alkyl halides is 3. The van der Waals surface area contributed by atoms with Gasteiger partial charge in [-0.05, 0) is 18.2 Å². The zero-order valence-corrected chi connectivity index (χ0v) is 11.1. The van der Waals surface area contributed by atoms with E-state index in [-0.39, 0.29) is 23.0 Å². The lowest BCUT2D eigenvalue weighted by atomic mass is 10.1. The second kappa shape index (κ2) is 5.28. The molecule has 1 amide bonds. The van der Waals surface area contributed by atoms with E-state index in [0.29, 0.717) is 18.8 Å². The van der Waals surface area contributed by atoms with Crippen LogP contribution in [0.25, 0.3) is 0 Å². The van der Waals surface area contributed by atoms with Crippen molar-refractivity contribution in [1.82, 2.24) is 5.32 Å². The molecule has 0 atom stereocenters. The first-order valence-corrected chi connectivity index (χ1v) is 6.22. The average molecular weight is 303 g/mol. The van der Waals surface area contributed by atoms with Crippen LogP contribution in [0.15, 0.2) is 18.2 Å². The number of hydrogen-bond acceptors (Lipinski definition) is 3. The zero-order valence-electron chi connectivity index (χ0n) is 10.3. The van der Waals surface area contributed by atoms with Crippen LogP contribution in [0.4, 0.5) is 18.9 Å². The van der Waals surface area contributed by atoms with Crippen molar-refractivity contribution < 1.29 is 18.0 Å². The molecule has 3 N–H and O–H groups in total. The van der Waals surface area contributed by atoms with E-state index < -0.39 is 11.7 Å². The fourth-order valence-electron chi connectivity index (χ4n) is 2.04. The Bertz CT molecular complexity index is 559. The van der Waals surface area contributed by atoms with E-state index in [1.54, 1.807) is 4.90 Å². The normalized spacial score (nSPS) is 15.9. The van der Waals surface area contributed by atoms with E-state index in [0.717, 1.165) is 6.07 Å². The van der Waals surface area contributed by atoms with Crippen molar-refractivity contribution in [1.29, 1.82) is 0 Å². The molecule has 1 heterocycles. The predicted molar refractivity (Wildman–Crippen MR) is 72.6 cm³/mol.